The van der Waals surface area contributed by atoms with Gasteiger partial charge in [-0.05, 0) is 25.0 Å². The molecule has 184 valence electrons. The molecule has 1 saturated carbocycles. The molecule has 0 radical (unpaired) electrons. The molecule has 5 rings (SSSR count). The number of hydrogen-bond donors (Lipinski definition) is 6. The molecule has 5 aliphatic rings. The van der Waals surface area contributed by atoms with Gasteiger partial charge in [0.1, 0.15) is 36.1 Å². The number of ketones is 1. The average molecular weight is 472 g/mol. The van der Waals surface area contributed by atoms with Crippen LogP contribution in [0.2, 0.25) is 0 Å². The fourth-order valence-corrected chi connectivity index (χ4v) is 6.40. The first kappa shape index (κ1) is 23.3. The zero-order chi connectivity index (χ0) is 24.1. The molecule has 3 aliphatic heterocycles. The van der Waals surface area contributed by atoms with Gasteiger partial charge in [0, 0.05) is 5.41 Å². The van der Waals surface area contributed by atoms with Crippen LogP contribution in [0.1, 0.15) is 20.3 Å². The molecule has 12 nitrogen and oxygen atoms in total. The minimum Gasteiger partial charge on any atom is -0.479 e. The Morgan fingerprint density at radius 2 is 1.82 bits per heavy atom. The lowest BCUT2D eigenvalue weighted by Crippen LogP contribution is -2.71. The van der Waals surface area contributed by atoms with E-state index in [9.17, 15) is 40.2 Å². The molecule has 6 N–H and O–H groups in total. The van der Waals surface area contributed by atoms with Crippen molar-refractivity contribution < 1.29 is 59.2 Å². The Morgan fingerprint density at radius 1 is 1.15 bits per heavy atom. The molecule has 0 aromatic heterocycles. The van der Waals surface area contributed by atoms with Crippen LogP contribution in [0.15, 0.2) is 11.6 Å². The monoisotopic (exact) mass is 472 g/mol. The maximum absolute atomic E-state index is 12.9. The second kappa shape index (κ2) is 7.26. The summed E-state index contributed by atoms with van der Waals surface area (Å²) in [5.74, 6) is -2.12. The number of carbonyl (C=O) groups excluding carboxylic acids is 1. The minimum atomic E-state index is -1.89. The Hall–Kier alpha value is -1.48. The van der Waals surface area contributed by atoms with Crippen LogP contribution in [0.5, 0.6) is 0 Å². The Morgan fingerprint density at radius 3 is 2.42 bits per heavy atom. The number of aliphatic carboxylic acids is 1. The molecule has 33 heavy (non-hydrogen) atoms. The molecule has 4 fully saturated rings. The summed E-state index contributed by atoms with van der Waals surface area (Å²) in [7, 11) is 0. The van der Waals surface area contributed by atoms with Crippen molar-refractivity contribution in [2.24, 2.45) is 10.8 Å². The molecule has 3 heterocycles. The maximum Gasteiger partial charge on any atom is 0.335 e. The lowest BCUT2D eigenvalue weighted by Gasteiger charge is -2.59. The number of rotatable bonds is 4. The SMILES string of the molecule is CC1=C[C@H]2O[C@@H]3[C@H](O)C[C@](C)([C@@]2(CO[C@@H]2O[C@H](C(=O)O)[C@@H](O)[C@H](O)[C@H]2O)[C@H](O)C1=O)[C@]31CO1. The smallest absolute Gasteiger partial charge is 0.335 e. The van der Waals surface area contributed by atoms with Crippen molar-refractivity contribution in [3.8, 4) is 0 Å². The van der Waals surface area contributed by atoms with Gasteiger partial charge in [0.2, 0.25) is 0 Å². The van der Waals surface area contributed by atoms with Gasteiger partial charge in [-0.1, -0.05) is 6.92 Å². The van der Waals surface area contributed by atoms with Crippen LogP contribution in [0.4, 0.5) is 0 Å². The number of ether oxygens (including phenoxy) is 4. The molecule has 0 unspecified atom stereocenters. The predicted octanol–water partition coefficient (Wildman–Crippen LogP) is -2.92. The van der Waals surface area contributed by atoms with E-state index < -0.39 is 89.9 Å². The Labute approximate surface area is 188 Å². The van der Waals surface area contributed by atoms with Crippen molar-refractivity contribution in [3.63, 3.8) is 0 Å². The highest BCUT2D eigenvalue weighted by Gasteiger charge is 2.83. The summed E-state index contributed by atoms with van der Waals surface area (Å²) < 4.78 is 22.9. The quantitative estimate of drug-likeness (QED) is 0.228. The van der Waals surface area contributed by atoms with Crippen molar-refractivity contribution in [3.05, 3.63) is 11.6 Å². The summed E-state index contributed by atoms with van der Waals surface area (Å²) in [5.41, 5.74) is -3.13. The Bertz CT molecular complexity index is 900. The zero-order valence-electron chi connectivity index (χ0n) is 18.0. The highest BCUT2D eigenvalue weighted by atomic mass is 16.7. The third-order valence-electron chi connectivity index (χ3n) is 8.47. The third kappa shape index (κ3) is 2.78. The van der Waals surface area contributed by atoms with E-state index in [4.69, 9.17) is 18.9 Å². The van der Waals surface area contributed by atoms with Crippen LogP contribution >= 0.6 is 0 Å². The van der Waals surface area contributed by atoms with Gasteiger partial charge in [-0.3, -0.25) is 4.79 Å². The predicted molar refractivity (Wildman–Crippen MR) is 104 cm³/mol. The molecule has 2 aliphatic carbocycles. The van der Waals surface area contributed by atoms with Crippen LogP contribution in [0, 0.1) is 10.8 Å². The number of carboxylic acids is 1. The van der Waals surface area contributed by atoms with E-state index in [0.717, 1.165) is 0 Å². The van der Waals surface area contributed by atoms with Gasteiger partial charge in [-0.25, -0.2) is 4.79 Å². The van der Waals surface area contributed by atoms with E-state index in [1.54, 1.807) is 19.9 Å². The summed E-state index contributed by atoms with van der Waals surface area (Å²) in [6.45, 7) is 3.12. The van der Waals surface area contributed by atoms with Crippen LogP contribution in [-0.2, 0) is 28.5 Å². The van der Waals surface area contributed by atoms with Crippen molar-refractivity contribution in [1.29, 1.82) is 0 Å². The first-order valence-electron chi connectivity index (χ1n) is 10.8. The van der Waals surface area contributed by atoms with Crippen molar-refractivity contribution in [1.82, 2.24) is 0 Å². The van der Waals surface area contributed by atoms with Gasteiger partial charge in [0.25, 0.3) is 0 Å². The third-order valence-corrected chi connectivity index (χ3v) is 8.47. The van der Waals surface area contributed by atoms with Gasteiger partial charge in [-0.15, -0.1) is 0 Å². The first-order chi connectivity index (χ1) is 15.4. The molecular formula is C21H28O12. The molecular weight excluding hydrogens is 444 g/mol. The van der Waals surface area contributed by atoms with E-state index in [0.29, 0.717) is 0 Å². The summed E-state index contributed by atoms with van der Waals surface area (Å²) in [6.07, 6.45) is -11.5. The number of aliphatic hydroxyl groups is 5. The molecule has 3 saturated heterocycles. The molecule has 0 aromatic rings. The minimum absolute atomic E-state index is 0.141. The van der Waals surface area contributed by atoms with Crippen LogP contribution < -0.4 is 0 Å². The Balaban J connectivity index is 1.52. The fraction of sp³-hybridized carbons (Fsp3) is 0.810. The number of aliphatic hydroxyl groups excluding tert-OH is 5. The normalized spacial score (nSPS) is 55.3. The van der Waals surface area contributed by atoms with Crippen LogP contribution in [0.25, 0.3) is 0 Å². The number of hydrogen-bond acceptors (Lipinski definition) is 11. The molecule has 2 bridgehead atoms. The van der Waals surface area contributed by atoms with Crippen molar-refractivity contribution in [2.45, 2.75) is 81.0 Å². The lowest BCUT2D eigenvalue weighted by atomic mass is 9.50. The number of carbonyl (C=O) groups is 2. The van der Waals surface area contributed by atoms with Gasteiger partial charge in [0.15, 0.2) is 18.2 Å². The van der Waals surface area contributed by atoms with Crippen molar-refractivity contribution in [2.75, 3.05) is 13.2 Å². The zero-order valence-corrected chi connectivity index (χ0v) is 18.0. The molecule has 12 heteroatoms. The van der Waals surface area contributed by atoms with E-state index in [1.165, 1.54) is 0 Å². The fourth-order valence-electron chi connectivity index (χ4n) is 6.40. The maximum atomic E-state index is 12.9. The highest BCUT2D eigenvalue weighted by Crippen LogP contribution is 2.71. The average Bonchev–Trinajstić information content (AvgIpc) is 3.53. The van der Waals surface area contributed by atoms with E-state index in [2.05, 4.69) is 0 Å². The van der Waals surface area contributed by atoms with Gasteiger partial charge in [0.05, 0.1) is 30.8 Å². The standard InChI is InChI=1S/C21H28O12/c1-7-3-9-20(15(27)10(7)23,19(2)4-8(22)16(32-9)21(19)6-31-21)5-30-18-13(26)11(24)12(25)14(33-18)17(28)29/h3,8-9,11-16,18,22,24-27H,4-6H2,1-2H3,(H,28,29)/t8-,9-,11+,12+,13-,14+,15-,16-,18-,19-,20-,21+/m1/s1. The summed E-state index contributed by atoms with van der Waals surface area (Å²) in [6, 6.07) is 0. The molecule has 12 atom stereocenters. The van der Waals surface area contributed by atoms with Crippen LogP contribution in [0.3, 0.4) is 0 Å². The van der Waals surface area contributed by atoms with Gasteiger partial charge >= 0.3 is 5.97 Å². The van der Waals surface area contributed by atoms with Crippen molar-refractivity contribution >= 4 is 11.8 Å². The summed E-state index contributed by atoms with van der Waals surface area (Å²) >= 11 is 0. The van der Waals surface area contributed by atoms with E-state index >= 15 is 0 Å². The van der Waals surface area contributed by atoms with E-state index in [1.807, 2.05) is 0 Å². The van der Waals surface area contributed by atoms with Crippen LogP contribution in [-0.4, -0.2) is 116 Å². The topological polar surface area (TPSA) is 196 Å². The van der Waals surface area contributed by atoms with E-state index in [-0.39, 0.29) is 18.6 Å². The van der Waals surface area contributed by atoms with Gasteiger partial charge in [-0.2, -0.15) is 0 Å². The lowest BCUT2D eigenvalue weighted by molar-refractivity contribution is -0.318. The second-order valence-electron chi connectivity index (χ2n) is 9.96. The highest BCUT2D eigenvalue weighted by molar-refractivity contribution is 6.00. The molecule has 0 aromatic carbocycles. The number of Topliss-reactive ketones (excluding diaryl/α,β-unsaturated/α-hetero) is 1. The number of carboxylic acid groups (broad SMARTS) is 1. The summed E-state index contributed by atoms with van der Waals surface area (Å²) in [5, 5.41) is 61.6. The largest absolute Gasteiger partial charge is 0.479 e. The number of epoxide rings is 1. The second-order valence-corrected chi connectivity index (χ2v) is 9.96. The first-order valence-corrected chi connectivity index (χ1v) is 10.8. The number of fused-ring (bicyclic) bond motifs is 2. The summed E-state index contributed by atoms with van der Waals surface area (Å²) in [4.78, 5) is 24.3. The molecule has 1 spiro atoms. The Kier molecular flexibility index (Phi) is 5.12. The molecule has 0 amide bonds. The van der Waals surface area contributed by atoms with Gasteiger partial charge < -0.3 is 49.6 Å².